The lowest BCUT2D eigenvalue weighted by molar-refractivity contribution is -0.147. The molecule has 0 saturated carbocycles. The molecule has 3 aliphatic rings. The maximum Gasteiger partial charge on any atom is 0.414 e. The highest BCUT2D eigenvalue weighted by Gasteiger charge is 2.59. The van der Waals surface area contributed by atoms with Crippen LogP contribution in [0.1, 0.15) is 53.2 Å². The molecule has 3 heterocycles. The molecule has 2 aromatic carbocycles. The van der Waals surface area contributed by atoms with Gasteiger partial charge in [-0.1, -0.05) is 53.7 Å². The Bertz CT molecular complexity index is 1290. The van der Waals surface area contributed by atoms with Crippen molar-refractivity contribution in [3.8, 4) is 11.1 Å². The van der Waals surface area contributed by atoms with E-state index in [9.17, 15) is 19.5 Å². The molecule has 2 bridgehead atoms. The van der Waals surface area contributed by atoms with Gasteiger partial charge in [-0.3, -0.25) is 10.1 Å². The molecule has 9 nitrogen and oxygen atoms in total. The first-order chi connectivity index (χ1) is 17.0. The largest absolute Gasteiger partial charge is 0.479 e. The Balaban J connectivity index is 1.12. The quantitative estimate of drug-likeness (QED) is 0.568. The first kappa shape index (κ1) is 21.4. The van der Waals surface area contributed by atoms with Crippen molar-refractivity contribution in [1.82, 2.24) is 10.1 Å². The fourth-order valence-corrected chi connectivity index (χ4v) is 5.90. The zero-order chi connectivity index (χ0) is 24.2. The molecule has 3 aromatic rings. The van der Waals surface area contributed by atoms with E-state index in [-0.39, 0.29) is 30.1 Å². The second-order valence-corrected chi connectivity index (χ2v) is 9.27. The van der Waals surface area contributed by atoms with E-state index in [1.165, 1.54) is 11.0 Å². The van der Waals surface area contributed by atoms with E-state index in [0.29, 0.717) is 25.7 Å². The first-order valence-corrected chi connectivity index (χ1v) is 11.6. The van der Waals surface area contributed by atoms with Crippen LogP contribution in [0.5, 0.6) is 0 Å². The number of carbonyl (C=O) groups is 3. The number of carbonyl (C=O) groups excluding carboxylic acids is 2. The van der Waals surface area contributed by atoms with Crippen LogP contribution in [0.25, 0.3) is 11.1 Å². The van der Waals surface area contributed by atoms with Crippen molar-refractivity contribution >= 4 is 23.9 Å². The third-order valence-electron chi connectivity index (χ3n) is 7.52. The number of nitrogens with zero attached hydrogens (tertiary/aromatic N) is 2. The van der Waals surface area contributed by atoms with Crippen LogP contribution >= 0.6 is 0 Å². The van der Waals surface area contributed by atoms with Crippen LogP contribution in [-0.4, -0.2) is 51.3 Å². The monoisotopic (exact) mass is 473 g/mol. The van der Waals surface area contributed by atoms with Crippen molar-refractivity contribution < 1.29 is 28.8 Å². The van der Waals surface area contributed by atoms with Gasteiger partial charge in [-0.05, 0) is 47.9 Å². The van der Waals surface area contributed by atoms with Crippen molar-refractivity contribution in [2.75, 3.05) is 11.9 Å². The number of carboxylic acid groups (broad SMARTS) is 1. The molecule has 2 amide bonds. The van der Waals surface area contributed by atoms with E-state index in [1.807, 2.05) is 36.4 Å². The summed E-state index contributed by atoms with van der Waals surface area (Å²) in [4.78, 5) is 38.9. The van der Waals surface area contributed by atoms with Gasteiger partial charge in [0.15, 0.2) is 5.69 Å². The van der Waals surface area contributed by atoms with Gasteiger partial charge in [-0.2, -0.15) is 0 Å². The van der Waals surface area contributed by atoms with Crippen LogP contribution in [0.15, 0.2) is 59.1 Å². The molecule has 0 radical (unpaired) electrons. The van der Waals surface area contributed by atoms with Crippen molar-refractivity contribution in [2.45, 2.75) is 43.2 Å². The molecular formula is C26H23N3O6. The molecule has 0 unspecified atom stereocenters. The number of aliphatic carboxylic acids is 1. The molecule has 0 spiro atoms. The molecule has 2 fully saturated rings. The second kappa shape index (κ2) is 7.97. The summed E-state index contributed by atoms with van der Waals surface area (Å²) in [5.74, 6) is -1.62. The Hall–Kier alpha value is -4.14. The summed E-state index contributed by atoms with van der Waals surface area (Å²) < 4.78 is 10.6. The Morgan fingerprint density at radius 3 is 2.31 bits per heavy atom. The lowest BCUT2D eigenvalue weighted by Gasteiger charge is -2.30. The van der Waals surface area contributed by atoms with Gasteiger partial charge in [0.1, 0.15) is 12.1 Å². The number of hydrogen-bond acceptors (Lipinski definition) is 6. The van der Waals surface area contributed by atoms with E-state index < -0.39 is 23.5 Å². The molecule has 6 rings (SSSR count). The molecular weight excluding hydrogens is 450 g/mol. The highest BCUT2D eigenvalue weighted by atomic mass is 16.6. The number of amides is 2. The predicted octanol–water partition coefficient (Wildman–Crippen LogP) is 4.26. The standard InChI is InChI=1S/C26H23N3O6/c30-23(29-15-9-11-26(29,12-10-15)24(31)32)21-13-22(35-28-21)27-25(33)34-14-20-18-7-3-1-5-16(18)17-6-2-4-8-19(17)20/h1-8,13,15,20H,9-12,14H2,(H,27,33)(H,31,32). The molecule has 2 aliphatic heterocycles. The van der Waals surface area contributed by atoms with Crippen LogP contribution in [-0.2, 0) is 9.53 Å². The summed E-state index contributed by atoms with van der Waals surface area (Å²) >= 11 is 0. The minimum atomic E-state index is -1.18. The van der Waals surface area contributed by atoms with Crippen LogP contribution in [0.4, 0.5) is 10.7 Å². The van der Waals surface area contributed by atoms with E-state index in [0.717, 1.165) is 22.3 Å². The predicted molar refractivity (Wildman–Crippen MR) is 124 cm³/mol. The van der Waals surface area contributed by atoms with Crippen molar-refractivity contribution in [1.29, 1.82) is 0 Å². The number of anilines is 1. The zero-order valence-corrected chi connectivity index (χ0v) is 18.8. The number of nitrogens with one attached hydrogen (secondary N) is 1. The molecule has 2 saturated heterocycles. The van der Waals surface area contributed by atoms with Gasteiger partial charge in [0.2, 0.25) is 5.88 Å². The van der Waals surface area contributed by atoms with Gasteiger partial charge >= 0.3 is 12.1 Å². The first-order valence-electron chi connectivity index (χ1n) is 11.6. The third-order valence-corrected chi connectivity index (χ3v) is 7.52. The second-order valence-electron chi connectivity index (χ2n) is 9.27. The Morgan fingerprint density at radius 1 is 1.06 bits per heavy atom. The van der Waals surface area contributed by atoms with Gasteiger partial charge in [-0.15, -0.1) is 0 Å². The Labute approximate surface area is 200 Å². The minimum absolute atomic E-state index is 0.0403. The smallest absolute Gasteiger partial charge is 0.414 e. The molecule has 178 valence electrons. The molecule has 1 aromatic heterocycles. The highest BCUT2D eigenvalue weighted by molar-refractivity contribution is 5.98. The maximum atomic E-state index is 13.0. The Morgan fingerprint density at radius 2 is 1.69 bits per heavy atom. The molecule has 2 N–H and O–H groups in total. The fourth-order valence-electron chi connectivity index (χ4n) is 5.90. The van der Waals surface area contributed by atoms with Crippen LogP contribution in [0.2, 0.25) is 0 Å². The summed E-state index contributed by atoms with van der Waals surface area (Å²) in [5.41, 5.74) is 3.24. The average molecular weight is 473 g/mol. The third kappa shape index (κ3) is 3.30. The summed E-state index contributed by atoms with van der Waals surface area (Å²) in [6, 6.07) is 17.3. The van der Waals surface area contributed by atoms with Gasteiger partial charge in [0, 0.05) is 18.0 Å². The highest BCUT2D eigenvalue weighted by Crippen LogP contribution is 2.47. The summed E-state index contributed by atoms with van der Waals surface area (Å²) in [5, 5.41) is 16.0. The number of rotatable bonds is 5. The summed E-state index contributed by atoms with van der Waals surface area (Å²) in [7, 11) is 0. The molecule has 9 heteroatoms. The number of aromatic nitrogens is 1. The number of ether oxygens (including phenoxy) is 1. The van der Waals surface area contributed by atoms with Crippen molar-refractivity contribution in [3.63, 3.8) is 0 Å². The SMILES string of the molecule is O=C(Nc1cc(C(=O)N2C3CCC2(C(=O)O)CC3)no1)OCC1c2ccccc2-c2ccccc21. The lowest BCUT2D eigenvalue weighted by Crippen LogP contribution is -2.50. The average Bonchev–Trinajstić information content (AvgIpc) is 3.64. The molecule has 0 atom stereocenters. The van der Waals surface area contributed by atoms with Gasteiger partial charge in [-0.25, -0.2) is 9.59 Å². The van der Waals surface area contributed by atoms with Gasteiger partial charge in [0.25, 0.3) is 5.91 Å². The number of hydrogen-bond donors (Lipinski definition) is 2. The zero-order valence-electron chi connectivity index (χ0n) is 18.8. The topological polar surface area (TPSA) is 122 Å². The van der Waals surface area contributed by atoms with Crippen LogP contribution < -0.4 is 5.32 Å². The number of benzene rings is 2. The van der Waals surface area contributed by atoms with Crippen molar-refractivity contribution in [3.05, 3.63) is 71.4 Å². The lowest BCUT2D eigenvalue weighted by atomic mass is 9.88. The van der Waals surface area contributed by atoms with Crippen LogP contribution in [0, 0.1) is 0 Å². The van der Waals surface area contributed by atoms with E-state index in [4.69, 9.17) is 9.26 Å². The minimum Gasteiger partial charge on any atom is -0.479 e. The normalized spacial score (nSPS) is 22.1. The van der Waals surface area contributed by atoms with E-state index in [1.54, 1.807) is 0 Å². The maximum absolute atomic E-state index is 13.0. The van der Waals surface area contributed by atoms with E-state index in [2.05, 4.69) is 22.6 Å². The van der Waals surface area contributed by atoms with Gasteiger partial charge < -0.3 is 19.3 Å². The summed E-state index contributed by atoms with van der Waals surface area (Å²) in [6.07, 6.45) is 1.44. The summed E-state index contributed by atoms with van der Waals surface area (Å²) in [6.45, 7) is 0.135. The number of fused-ring (bicyclic) bond motifs is 5. The van der Waals surface area contributed by atoms with Gasteiger partial charge in [0.05, 0.1) is 0 Å². The molecule has 1 aliphatic carbocycles. The Kier molecular flexibility index (Phi) is 4.87. The van der Waals surface area contributed by atoms with Crippen LogP contribution in [0.3, 0.4) is 0 Å². The number of carboxylic acids is 1. The van der Waals surface area contributed by atoms with E-state index >= 15 is 0 Å². The van der Waals surface area contributed by atoms with Crippen molar-refractivity contribution in [2.24, 2.45) is 0 Å². The molecule has 35 heavy (non-hydrogen) atoms. The fraction of sp³-hybridized carbons (Fsp3) is 0.308.